The third-order valence-corrected chi connectivity index (χ3v) is 7.45. The Hall–Kier alpha value is -2.94. The lowest BCUT2D eigenvalue weighted by atomic mass is 9.71. The number of rotatable bonds is 8. The van der Waals surface area contributed by atoms with Crippen molar-refractivity contribution in [1.82, 2.24) is 15.2 Å². The quantitative estimate of drug-likeness (QED) is 0.342. The fourth-order valence-corrected chi connectivity index (χ4v) is 5.03. The van der Waals surface area contributed by atoms with Gasteiger partial charge in [0.2, 0.25) is 5.91 Å². The summed E-state index contributed by atoms with van der Waals surface area (Å²) in [5.41, 5.74) is 9.96. The molecule has 2 N–H and O–H groups in total. The lowest BCUT2D eigenvalue weighted by molar-refractivity contribution is -0.138. The minimum Gasteiger partial charge on any atom is -0.456 e. The predicted octanol–water partition coefficient (Wildman–Crippen LogP) is 3.92. The zero-order valence-electron chi connectivity index (χ0n) is 20.2. The third kappa shape index (κ3) is 4.94. The number of carbonyl (C=O) groups is 2. The SMILES string of the molecule is CC1=C(N2CCC3(CCC(NCc4ccc(N=CC(N=N)C(C)C)cn4)CC3)C2=O)COC1=O. The highest BCUT2D eigenvalue weighted by Crippen LogP contribution is 2.46. The summed E-state index contributed by atoms with van der Waals surface area (Å²) < 4.78 is 5.11. The zero-order valence-corrected chi connectivity index (χ0v) is 20.2. The van der Waals surface area contributed by atoms with Gasteiger partial charge in [0, 0.05) is 25.3 Å². The predicted molar refractivity (Wildman–Crippen MR) is 128 cm³/mol. The molecule has 3 aliphatic rings. The summed E-state index contributed by atoms with van der Waals surface area (Å²) in [5, 5.41) is 7.18. The van der Waals surface area contributed by atoms with Gasteiger partial charge in [0.25, 0.3) is 0 Å². The normalized spacial score (nSPS) is 26.2. The Morgan fingerprint density at radius 3 is 2.65 bits per heavy atom. The number of nitrogens with one attached hydrogen (secondary N) is 2. The number of esters is 1. The largest absolute Gasteiger partial charge is 0.456 e. The number of aliphatic imine (C=N–C) groups is 1. The summed E-state index contributed by atoms with van der Waals surface area (Å²) in [4.78, 5) is 35.7. The monoisotopic (exact) mass is 466 g/mol. The smallest absolute Gasteiger partial charge is 0.336 e. The first-order valence-electron chi connectivity index (χ1n) is 12.1. The fourth-order valence-electron chi connectivity index (χ4n) is 5.03. The number of amides is 1. The van der Waals surface area contributed by atoms with Gasteiger partial charge in [0.1, 0.15) is 12.6 Å². The number of carbonyl (C=O) groups excluding carboxylic acids is 2. The Bertz CT molecular complexity index is 992. The maximum absolute atomic E-state index is 13.3. The molecule has 3 heterocycles. The molecule has 182 valence electrons. The van der Waals surface area contributed by atoms with E-state index in [4.69, 9.17) is 10.3 Å². The van der Waals surface area contributed by atoms with Crippen molar-refractivity contribution in [2.75, 3.05) is 13.2 Å². The Kier molecular flexibility index (Phi) is 7.21. The Morgan fingerprint density at radius 1 is 1.29 bits per heavy atom. The van der Waals surface area contributed by atoms with E-state index in [2.05, 4.69) is 20.4 Å². The van der Waals surface area contributed by atoms with Gasteiger partial charge in [0.05, 0.1) is 34.3 Å². The van der Waals surface area contributed by atoms with Crippen LogP contribution in [0.25, 0.3) is 0 Å². The molecule has 1 aliphatic carbocycles. The van der Waals surface area contributed by atoms with Gasteiger partial charge < -0.3 is 15.0 Å². The van der Waals surface area contributed by atoms with Gasteiger partial charge in [-0.1, -0.05) is 13.8 Å². The molecule has 1 spiro atoms. The van der Waals surface area contributed by atoms with Gasteiger partial charge >= 0.3 is 5.97 Å². The molecule has 1 amide bonds. The molecule has 0 bridgehead atoms. The third-order valence-electron chi connectivity index (χ3n) is 7.45. The van der Waals surface area contributed by atoms with Crippen LogP contribution in [-0.2, 0) is 20.9 Å². The second-order valence-corrected chi connectivity index (χ2v) is 9.94. The maximum atomic E-state index is 13.3. The van der Waals surface area contributed by atoms with Gasteiger partial charge in [-0.2, -0.15) is 5.11 Å². The molecule has 1 saturated heterocycles. The number of cyclic esters (lactones) is 1. The highest BCUT2D eigenvalue weighted by atomic mass is 16.5. The van der Waals surface area contributed by atoms with Crippen LogP contribution in [0.5, 0.6) is 0 Å². The highest BCUT2D eigenvalue weighted by molar-refractivity contribution is 5.94. The van der Waals surface area contributed by atoms with Crippen LogP contribution in [0.15, 0.2) is 39.7 Å². The summed E-state index contributed by atoms with van der Waals surface area (Å²) >= 11 is 0. The molecule has 1 saturated carbocycles. The number of aromatic nitrogens is 1. The first kappa shape index (κ1) is 24.2. The zero-order chi connectivity index (χ0) is 24.3. The molecule has 1 aromatic rings. The average molecular weight is 467 g/mol. The summed E-state index contributed by atoms with van der Waals surface area (Å²) in [6.07, 6.45) is 7.90. The van der Waals surface area contributed by atoms with E-state index in [1.54, 1.807) is 24.2 Å². The number of nitrogens with zero attached hydrogens (tertiary/aromatic N) is 4. The van der Waals surface area contributed by atoms with E-state index in [1.165, 1.54) is 0 Å². The van der Waals surface area contributed by atoms with Crippen molar-refractivity contribution in [1.29, 1.82) is 5.53 Å². The van der Waals surface area contributed by atoms with Gasteiger partial charge in [-0.05, 0) is 57.1 Å². The van der Waals surface area contributed by atoms with Crippen LogP contribution in [0.2, 0.25) is 0 Å². The minimum absolute atomic E-state index is 0.161. The maximum Gasteiger partial charge on any atom is 0.336 e. The molecule has 0 radical (unpaired) electrons. The first-order chi connectivity index (χ1) is 16.3. The molecule has 9 heteroatoms. The van der Waals surface area contributed by atoms with Crippen molar-refractivity contribution < 1.29 is 14.3 Å². The van der Waals surface area contributed by atoms with E-state index in [0.29, 0.717) is 24.7 Å². The summed E-state index contributed by atoms with van der Waals surface area (Å²) in [7, 11) is 0. The van der Waals surface area contributed by atoms with Gasteiger partial charge in [-0.3, -0.25) is 14.8 Å². The van der Waals surface area contributed by atoms with Gasteiger partial charge in [0.15, 0.2) is 0 Å². The molecule has 34 heavy (non-hydrogen) atoms. The lowest BCUT2D eigenvalue weighted by Crippen LogP contribution is -2.42. The Labute approximate surface area is 200 Å². The highest BCUT2D eigenvalue weighted by Gasteiger charge is 2.50. The molecule has 1 aromatic heterocycles. The summed E-state index contributed by atoms with van der Waals surface area (Å²) in [6, 6.07) is 4.03. The van der Waals surface area contributed by atoms with E-state index in [-0.39, 0.29) is 35.9 Å². The van der Waals surface area contributed by atoms with Crippen molar-refractivity contribution in [3.63, 3.8) is 0 Å². The van der Waals surface area contributed by atoms with Crippen LogP contribution >= 0.6 is 0 Å². The number of ether oxygens (including phenoxy) is 1. The van der Waals surface area contributed by atoms with Crippen molar-refractivity contribution in [2.24, 2.45) is 21.4 Å². The van der Waals surface area contributed by atoms with E-state index in [1.807, 2.05) is 26.0 Å². The molecule has 2 fully saturated rings. The van der Waals surface area contributed by atoms with Crippen molar-refractivity contribution in [3.05, 3.63) is 35.3 Å². The van der Waals surface area contributed by atoms with Gasteiger partial charge in [-0.15, -0.1) is 0 Å². The van der Waals surface area contributed by atoms with Crippen molar-refractivity contribution >= 4 is 23.8 Å². The molecule has 1 unspecified atom stereocenters. The Balaban J connectivity index is 1.26. The lowest BCUT2D eigenvalue weighted by Gasteiger charge is -2.36. The van der Waals surface area contributed by atoms with E-state index in [9.17, 15) is 9.59 Å². The first-order valence-corrected chi connectivity index (χ1v) is 12.1. The molecule has 9 nitrogen and oxygen atoms in total. The molecule has 1 atom stereocenters. The number of likely N-dealkylation sites (tertiary alicyclic amines) is 1. The van der Waals surface area contributed by atoms with E-state index in [0.717, 1.165) is 49.2 Å². The van der Waals surface area contributed by atoms with Crippen molar-refractivity contribution in [3.8, 4) is 0 Å². The van der Waals surface area contributed by atoms with Crippen LogP contribution in [0.4, 0.5) is 5.69 Å². The fraction of sp³-hybridized carbons (Fsp3) is 0.600. The summed E-state index contributed by atoms with van der Waals surface area (Å²) in [6.45, 7) is 7.33. The van der Waals surface area contributed by atoms with Crippen molar-refractivity contribution in [2.45, 2.75) is 71.5 Å². The average Bonchev–Trinajstić information content (AvgIpc) is 3.33. The van der Waals surface area contributed by atoms with Crippen LogP contribution in [0.1, 0.15) is 58.6 Å². The van der Waals surface area contributed by atoms with Crippen LogP contribution in [0.3, 0.4) is 0 Å². The molecule has 2 aliphatic heterocycles. The number of hydrogen-bond donors (Lipinski definition) is 2. The van der Waals surface area contributed by atoms with E-state index >= 15 is 0 Å². The molecular weight excluding hydrogens is 432 g/mol. The van der Waals surface area contributed by atoms with Gasteiger partial charge in [-0.25, -0.2) is 10.3 Å². The molecule has 0 aromatic carbocycles. The van der Waals surface area contributed by atoms with Crippen LogP contribution in [0, 0.1) is 16.9 Å². The number of hydrogen-bond acceptors (Lipinski definition) is 8. The van der Waals surface area contributed by atoms with Crippen LogP contribution < -0.4 is 5.32 Å². The second kappa shape index (κ2) is 10.1. The summed E-state index contributed by atoms with van der Waals surface area (Å²) in [5.74, 6) is 0.0830. The Morgan fingerprint density at radius 2 is 2.06 bits per heavy atom. The van der Waals surface area contributed by atoms with Crippen LogP contribution in [-0.4, -0.2) is 53.2 Å². The minimum atomic E-state index is -0.312. The topological polar surface area (TPSA) is 120 Å². The number of pyridine rings is 1. The standard InChI is InChI=1S/C25H34N6O3/c1-16(2)21(30-26)14-29-20-5-4-19(28-13-20)12-27-18-6-8-25(9-7-18)10-11-31(24(25)33)22-15-34-23(32)17(22)3/h4-5,13-14,16,18,21,26-27H,6-12,15H2,1-3H3. The second-order valence-electron chi connectivity index (χ2n) is 9.94. The molecular formula is C25H34N6O3. The molecule has 4 rings (SSSR count). The van der Waals surface area contributed by atoms with E-state index < -0.39 is 0 Å².